The van der Waals surface area contributed by atoms with Crippen molar-refractivity contribution in [3.63, 3.8) is 0 Å². The van der Waals surface area contributed by atoms with E-state index in [1.807, 2.05) is 17.4 Å². The second kappa shape index (κ2) is 9.34. The predicted octanol–water partition coefficient (Wildman–Crippen LogP) is 1.87. The molecule has 1 rings (SSSR count). The minimum atomic E-state index is -1.23. The summed E-state index contributed by atoms with van der Waals surface area (Å²) < 4.78 is 5.06. The summed E-state index contributed by atoms with van der Waals surface area (Å²) in [5.41, 5.74) is 6.32. The Balaban J connectivity index is 2.83. The number of amides is 4. The summed E-state index contributed by atoms with van der Waals surface area (Å²) in [6, 6.07) is 5.13. The highest BCUT2D eigenvalue weighted by Crippen LogP contribution is 2.22. The first-order valence-electron chi connectivity index (χ1n) is 9.05. The van der Waals surface area contributed by atoms with Gasteiger partial charge in [0.25, 0.3) is 11.8 Å². The number of benzene rings is 1. The fraction of sp³-hybridized carbons (Fsp3) is 0.500. The minimum absolute atomic E-state index is 0.0408. The van der Waals surface area contributed by atoms with Crippen LogP contribution in [0.15, 0.2) is 24.3 Å². The smallest absolute Gasteiger partial charge is 0.329 e. The van der Waals surface area contributed by atoms with E-state index in [4.69, 9.17) is 10.5 Å². The highest BCUT2D eigenvalue weighted by atomic mass is 16.5. The molecule has 0 radical (unpaired) electrons. The normalized spacial score (nSPS) is 13.4. The number of nitrogens with one attached hydrogen (secondary N) is 2. The number of imide groups is 1. The van der Waals surface area contributed by atoms with Crippen molar-refractivity contribution in [1.82, 2.24) is 10.6 Å². The van der Waals surface area contributed by atoms with Crippen molar-refractivity contribution < 1.29 is 23.9 Å². The van der Waals surface area contributed by atoms with Crippen LogP contribution in [0.1, 0.15) is 57.5 Å². The van der Waals surface area contributed by atoms with Crippen LogP contribution in [0.3, 0.4) is 0 Å². The molecule has 0 spiro atoms. The summed E-state index contributed by atoms with van der Waals surface area (Å²) in [4.78, 5) is 47.3. The number of rotatable bonds is 6. The molecular weight excluding hydrogens is 362 g/mol. The van der Waals surface area contributed by atoms with Crippen LogP contribution in [0.2, 0.25) is 0 Å². The van der Waals surface area contributed by atoms with Gasteiger partial charge in [0, 0.05) is 5.56 Å². The van der Waals surface area contributed by atoms with E-state index in [0.29, 0.717) is 5.56 Å². The van der Waals surface area contributed by atoms with Crippen molar-refractivity contribution >= 4 is 23.8 Å². The Bertz CT molecular complexity index is 735. The maximum absolute atomic E-state index is 12.5. The zero-order chi connectivity index (χ0) is 21.6. The molecule has 8 heteroatoms. The highest BCUT2D eigenvalue weighted by molar-refractivity contribution is 5.98. The molecule has 1 aromatic rings. The average molecular weight is 391 g/mol. The molecule has 4 N–H and O–H groups in total. The van der Waals surface area contributed by atoms with Crippen molar-refractivity contribution in [2.24, 2.45) is 11.7 Å². The second-order valence-corrected chi connectivity index (χ2v) is 7.96. The number of ether oxygens (including phenoxy) is 1. The maximum Gasteiger partial charge on any atom is 0.329 e. The Morgan fingerprint density at radius 2 is 1.54 bits per heavy atom. The van der Waals surface area contributed by atoms with Crippen molar-refractivity contribution in [2.75, 3.05) is 0 Å². The van der Waals surface area contributed by atoms with E-state index >= 15 is 0 Å². The Morgan fingerprint density at radius 1 is 1.00 bits per heavy atom. The second-order valence-electron chi connectivity index (χ2n) is 7.96. The van der Waals surface area contributed by atoms with Crippen molar-refractivity contribution in [3.8, 4) is 0 Å². The van der Waals surface area contributed by atoms with Gasteiger partial charge in [-0.15, -0.1) is 0 Å². The highest BCUT2D eigenvalue weighted by Gasteiger charge is 2.29. The number of nitrogens with two attached hydrogens (primary N) is 1. The van der Waals surface area contributed by atoms with Gasteiger partial charge in [0.2, 0.25) is 0 Å². The molecule has 0 saturated carbocycles. The Hall–Kier alpha value is -2.90. The standard InChI is InChI=1S/C20H29N3O5/c1-11(2)15(18(26)28-12(3)16(24)23-19(21)27)22-17(25)13-7-9-14(10-8-13)20(4,5)6/h7-12,15H,1-6H3,(H,22,25)(H3,21,23,24,27)/t12-,15+/m1/s1. The molecule has 0 aliphatic carbocycles. The lowest BCUT2D eigenvalue weighted by molar-refractivity contribution is -0.157. The van der Waals surface area contributed by atoms with E-state index < -0.39 is 36.0 Å². The monoisotopic (exact) mass is 391 g/mol. The lowest BCUT2D eigenvalue weighted by atomic mass is 9.86. The molecule has 0 fully saturated rings. The minimum Gasteiger partial charge on any atom is -0.451 e. The SMILES string of the molecule is CC(C)[C@H](NC(=O)c1ccc(C(C)(C)C)cc1)C(=O)O[C@H](C)C(=O)NC(N)=O. The molecule has 0 aliphatic heterocycles. The fourth-order valence-electron chi connectivity index (χ4n) is 2.37. The summed E-state index contributed by atoms with van der Waals surface area (Å²) in [6.07, 6.45) is -1.23. The fourth-order valence-corrected chi connectivity index (χ4v) is 2.37. The summed E-state index contributed by atoms with van der Waals surface area (Å²) in [5, 5.41) is 4.47. The molecule has 0 bridgehead atoms. The Kier molecular flexibility index (Phi) is 7.72. The topological polar surface area (TPSA) is 128 Å². The number of esters is 1. The molecule has 28 heavy (non-hydrogen) atoms. The lowest BCUT2D eigenvalue weighted by Gasteiger charge is -2.23. The van der Waals surface area contributed by atoms with Gasteiger partial charge < -0.3 is 15.8 Å². The van der Waals surface area contributed by atoms with Crippen molar-refractivity contribution in [1.29, 1.82) is 0 Å². The molecule has 1 aromatic carbocycles. The van der Waals surface area contributed by atoms with Gasteiger partial charge >= 0.3 is 12.0 Å². The van der Waals surface area contributed by atoms with Gasteiger partial charge in [-0.2, -0.15) is 0 Å². The van der Waals surface area contributed by atoms with Gasteiger partial charge in [-0.1, -0.05) is 46.8 Å². The summed E-state index contributed by atoms with van der Waals surface area (Å²) in [5.74, 6) is -2.32. The van der Waals surface area contributed by atoms with Crippen LogP contribution in [-0.2, 0) is 19.7 Å². The summed E-state index contributed by atoms with van der Waals surface area (Å²) in [6.45, 7) is 11.0. The molecule has 2 atom stereocenters. The molecule has 4 amide bonds. The largest absolute Gasteiger partial charge is 0.451 e. The molecule has 0 unspecified atom stereocenters. The van der Waals surface area contributed by atoms with Crippen molar-refractivity contribution in [3.05, 3.63) is 35.4 Å². The van der Waals surface area contributed by atoms with Crippen LogP contribution in [0.25, 0.3) is 0 Å². The zero-order valence-electron chi connectivity index (χ0n) is 17.2. The van der Waals surface area contributed by atoms with Gasteiger partial charge in [0.15, 0.2) is 6.10 Å². The average Bonchev–Trinajstić information content (AvgIpc) is 2.57. The van der Waals surface area contributed by atoms with E-state index in [1.165, 1.54) is 6.92 Å². The molecule has 154 valence electrons. The molecule has 0 saturated heterocycles. The van der Waals surface area contributed by atoms with Gasteiger partial charge in [-0.25, -0.2) is 9.59 Å². The van der Waals surface area contributed by atoms with Crippen LogP contribution < -0.4 is 16.4 Å². The molecule has 8 nitrogen and oxygen atoms in total. The Labute approximate surface area is 165 Å². The van der Waals surface area contributed by atoms with Crippen LogP contribution in [-0.4, -0.2) is 36.0 Å². The first-order chi connectivity index (χ1) is 12.8. The molecule has 0 heterocycles. The van der Waals surface area contributed by atoms with Crippen LogP contribution >= 0.6 is 0 Å². The third kappa shape index (κ3) is 6.68. The quantitative estimate of drug-likeness (QED) is 0.638. The Morgan fingerprint density at radius 3 is 1.96 bits per heavy atom. The van der Waals surface area contributed by atoms with E-state index in [0.717, 1.165) is 5.56 Å². The van der Waals surface area contributed by atoms with Crippen LogP contribution in [0, 0.1) is 5.92 Å². The maximum atomic E-state index is 12.5. The molecule has 0 aliphatic rings. The van der Waals surface area contributed by atoms with Gasteiger partial charge in [0.1, 0.15) is 6.04 Å². The number of urea groups is 1. The number of carbonyl (C=O) groups is 4. The van der Waals surface area contributed by atoms with Crippen LogP contribution in [0.4, 0.5) is 4.79 Å². The zero-order valence-corrected chi connectivity index (χ0v) is 17.2. The number of primary amides is 1. The molecule has 0 aromatic heterocycles. The summed E-state index contributed by atoms with van der Waals surface area (Å²) in [7, 11) is 0. The number of carbonyl (C=O) groups excluding carboxylic acids is 4. The van der Waals surface area contributed by atoms with E-state index in [-0.39, 0.29) is 11.3 Å². The predicted molar refractivity (Wildman–Crippen MR) is 105 cm³/mol. The number of hydrogen-bond acceptors (Lipinski definition) is 5. The van der Waals surface area contributed by atoms with Gasteiger partial charge in [0.05, 0.1) is 0 Å². The first-order valence-corrected chi connectivity index (χ1v) is 9.05. The van der Waals surface area contributed by atoms with Gasteiger partial charge in [-0.3, -0.25) is 14.9 Å². The van der Waals surface area contributed by atoms with E-state index in [9.17, 15) is 19.2 Å². The third-order valence-corrected chi connectivity index (χ3v) is 4.13. The van der Waals surface area contributed by atoms with Gasteiger partial charge in [-0.05, 0) is 36.0 Å². The van der Waals surface area contributed by atoms with E-state index in [1.54, 1.807) is 26.0 Å². The van der Waals surface area contributed by atoms with E-state index in [2.05, 4.69) is 26.1 Å². The van der Waals surface area contributed by atoms with Crippen molar-refractivity contribution in [2.45, 2.75) is 59.1 Å². The lowest BCUT2D eigenvalue weighted by Crippen LogP contribution is -2.48. The molecular formula is C20H29N3O5. The number of hydrogen-bond donors (Lipinski definition) is 3. The first kappa shape index (κ1) is 23.1. The third-order valence-electron chi connectivity index (χ3n) is 4.13. The summed E-state index contributed by atoms with van der Waals surface area (Å²) >= 11 is 0. The van der Waals surface area contributed by atoms with Crippen LogP contribution in [0.5, 0.6) is 0 Å².